The average Bonchev–Trinajstić information content (AvgIpc) is 3.12. The van der Waals surface area contributed by atoms with Gasteiger partial charge in [-0.15, -0.1) is 0 Å². The molecule has 0 aliphatic rings. The van der Waals surface area contributed by atoms with E-state index in [4.69, 9.17) is 4.74 Å². The molecule has 3 rings (SSSR count). The van der Waals surface area contributed by atoms with E-state index in [1.807, 2.05) is 36.5 Å². The summed E-state index contributed by atoms with van der Waals surface area (Å²) in [6.07, 6.45) is 1.86. The van der Waals surface area contributed by atoms with Crippen molar-refractivity contribution in [1.82, 2.24) is 9.88 Å². The van der Waals surface area contributed by atoms with E-state index in [0.29, 0.717) is 5.56 Å². The average molecular weight is 336 g/mol. The van der Waals surface area contributed by atoms with Crippen LogP contribution in [0.2, 0.25) is 0 Å². The van der Waals surface area contributed by atoms with Crippen LogP contribution in [0.3, 0.4) is 0 Å². The maximum Gasteiger partial charge on any atom is 0.338 e. The van der Waals surface area contributed by atoms with Gasteiger partial charge in [0, 0.05) is 18.3 Å². The van der Waals surface area contributed by atoms with E-state index >= 15 is 0 Å². The third-order valence-electron chi connectivity index (χ3n) is 4.48. The van der Waals surface area contributed by atoms with Gasteiger partial charge in [0.05, 0.1) is 5.56 Å². The summed E-state index contributed by atoms with van der Waals surface area (Å²) in [5.74, 6) is -0.302. The highest BCUT2D eigenvalue weighted by Gasteiger charge is 2.09. The quantitative estimate of drug-likeness (QED) is 0.652. The highest BCUT2D eigenvalue weighted by molar-refractivity contribution is 5.94. The molecule has 4 heteroatoms. The molecule has 0 amide bonds. The molecule has 0 fully saturated rings. The van der Waals surface area contributed by atoms with Crippen molar-refractivity contribution in [3.8, 4) is 0 Å². The first kappa shape index (κ1) is 17.2. The number of aromatic nitrogens is 1. The number of aromatic amines is 1. The van der Waals surface area contributed by atoms with Crippen molar-refractivity contribution < 1.29 is 9.53 Å². The fraction of sp³-hybridized carbons (Fsp3) is 0.286. The molecule has 1 N–H and O–H groups in total. The summed E-state index contributed by atoms with van der Waals surface area (Å²) in [6, 6.07) is 15.8. The van der Waals surface area contributed by atoms with Crippen molar-refractivity contribution in [2.45, 2.75) is 27.0 Å². The molecule has 0 bridgehead atoms. The normalized spacial score (nSPS) is 11.2. The number of nitrogens with one attached hydrogen (secondary N) is 1. The highest BCUT2D eigenvalue weighted by Crippen LogP contribution is 2.16. The molecule has 25 heavy (non-hydrogen) atoms. The number of benzene rings is 2. The van der Waals surface area contributed by atoms with E-state index in [-0.39, 0.29) is 12.6 Å². The Kier molecular flexibility index (Phi) is 5.51. The van der Waals surface area contributed by atoms with Gasteiger partial charge in [-0.1, -0.05) is 44.2 Å². The number of ether oxygens (including phenoxy) is 1. The van der Waals surface area contributed by atoms with Crippen molar-refractivity contribution in [2.24, 2.45) is 0 Å². The van der Waals surface area contributed by atoms with Crippen LogP contribution in [0.1, 0.15) is 35.3 Å². The summed E-state index contributed by atoms with van der Waals surface area (Å²) in [7, 11) is 0. The molecule has 0 atom stereocenters. The molecule has 2 aromatic carbocycles. The SMILES string of the molecule is CCN(CC)Cc1ccc(COC(=O)c2ccc3cc[nH]c3c2)cc1. The summed E-state index contributed by atoms with van der Waals surface area (Å²) < 4.78 is 5.44. The molecule has 0 radical (unpaired) electrons. The molecule has 1 heterocycles. The van der Waals surface area contributed by atoms with Crippen LogP contribution in [-0.2, 0) is 17.9 Å². The minimum atomic E-state index is -0.302. The molecule has 1 aromatic heterocycles. The Morgan fingerprint density at radius 2 is 1.72 bits per heavy atom. The van der Waals surface area contributed by atoms with Gasteiger partial charge in [0.2, 0.25) is 0 Å². The van der Waals surface area contributed by atoms with E-state index in [0.717, 1.165) is 36.1 Å². The maximum atomic E-state index is 12.2. The first-order valence-electron chi connectivity index (χ1n) is 8.74. The van der Waals surface area contributed by atoms with Crippen LogP contribution >= 0.6 is 0 Å². The van der Waals surface area contributed by atoms with Crippen molar-refractivity contribution in [3.63, 3.8) is 0 Å². The lowest BCUT2D eigenvalue weighted by Gasteiger charge is -2.18. The zero-order valence-electron chi connectivity index (χ0n) is 14.8. The van der Waals surface area contributed by atoms with E-state index in [9.17, 15) is 4.79 Å². The summed E-state index contributed by atoms with van der Waals surface area (Å²) in [5, 5.41) is 1.08. The number of rotatable bonds is 7. The number of hydrogen-bond acceptors (Lipinski definition) is 3. The van der Waals surface area contributed by atoms with E-state index in [1.165, 1.54) is 5.56 Å². The Morgan fingerprint density at radius 3 is 2.44 bits per heavy atom. The van der Waals surface area contributed by atoms with Gasteiger partial charge < -0.3 is 9.72 Å². The molecule has 0 aliphatic carbocycles. The van der Waals surface area contributed by atoms with Gasteiger partial charge >= 0.3 is 5.97 Å². The van der Waals surface area contributed by atoms with Crippen LogP contribution in [0, 0.1) is 0 Å². The van der Waals surface area contributed by atoms with Gasteiger partial charge in [-0.25, -0.2) is 4.79 Å². The topological polar surface area (TPSA) is 45.3 Å². The molecule has 0 saturated carbocycles. The van der Waals surface area contributed by atoms with Gasteiger partial charge in [0.15, 0.2) is 0 Å². The number of carbonyl (C=O) groups is 1. The largest absolute Gasteiger partial charge is 0.457 e. The molecular formula is C21H24N2O2. The van der Waals surface area contributed by atoms with Crippen LogP contribution in [0.4, 0.5) is 0 Å². The number of H-pyrrole nitrogens is 1. The lowest BCUT2D eigenvalue weighted by molar-refractivity contribution is 0.0473. The lowest BCUT2D eigenvalue weighted by atomic mass is 10.1. The van der Waals surface area contributed by atoms with E-state index < -0.39 is 0 Å². The minimum Gasteiger partial charge on any atom is -0.457 e. The third kappa shape index (κ3) is 4.28. The molecule has 0 unspecified atom stereocenters. The van der Waals surface area contributed by atoms with Crippen LogP contribution < -0.4 is 0 Å². The standard InChI is InChI=1S/C21H24N2O2/c1-3-23(4-2)14-16-5-7-17(8-6-16)15-25-21(24)19-10-9-18-11-12-22-20(18)13-19/h5-13,22H,3-4,14-15H2,1-2H3. The lowest BCUT2D eigenvalue weighted by Crippen LogP contribution is -2.22. The van der Waals surface area contributed by atoms with Crippen LogP contribution in [0.25, 0.3) is 10.9 Å². The Morgan fingerprint density at radius 1 is 1.00 bits per heavy atom. The number of fused-ring (bicyclic) bond motifs is 1. The number of esters is 1. The van der Waals surface area contributed by atoms with E-state index in [1.54, 1.807) is 6.07 Å². The van der Waals surface area contributed by atoms with Crippen molar-refractivity contribution in [2.75, 3.05) is 13.1 Å². The smallest absolute Gasteiger partial charge is 0.338 e. The van der Waals surface area contributed by atoms with E-state index in [2.05, 4.69) is 35.9 Å². The highest BCUT2D eigenvalue weighted by atomic mass is 16.5. The Hall–Kier alpha value is -2.59. The van der Waals surface area contributed by atoms with Crippen molar-refractivity contribution in [3.05, 3.63) is 71.4 Å². The van der Waals surface area contributed by atoms with Gasteiger partial charge in [0.25, 0.3) is 0 Å². The molecule has 130 valence electrons. The van der Waals surface area contributed by atoms with Gasteiger partial charge in [-0.3, -0.25) is 4.90 Å². The predicted molar refractivity (Wildman–Crippen MR) is 100 cm³/mol. The minimum absolute atomic E-state index is 0.285. The molecule has 3 aromatic rings. The summed E-state index contributed by atoms with van der Waals surface area (Å²) in [4.78, 5) is 17.7. The van der Waals surface area contributed by atoms with Gasteiger partial charge in [-0.05, 0) is 47.8 Å². The zero-order chi connectivity index (χ0) is 17.6. The molecule has 0 aliphatic heterocycles. The van der Waals surface area contributed by atoms with Gasteiger partial charge in [0.1, 0.15) is 6.61 Å². The third-order valence-corrected chi connectivity index (χ3v) is 4.48. The summed E-state index contributed by atoms with van der Waals surface area (Å²) >= 11 is 0. The summed E-state index contributed by atoms with van der Waals surface area (Å²) in [5.41, 5.74) is 3.77. The van der Waals surface area contributed by atoms with Crippen LogP contribution in [-0.4, -0.2) is 28.9 Å². The second kappa shape index (κ2) is 7.99. The second-order valence-electron chi connectivity index (χ2n) is 6.13. The van der Waals surface area contributed by atoms with Crippen LogP contribution in [0.5, 0.6) is 0 Å². The molecular weight excluding hydrogens is 312 g/mol. The zero-order valence-corrected chi connectivity index (χ0v) is 14.8. The number of carbonyl (C=O) groups excluding carboxylic acids is 1. The first-order valence-corrected chi connectivity index (χ1v) is 8.74. The Labute approximate surface area is 148 Å². The Balaban J connectivity index is 1.58. The second-order valence-corrected chi connectivity index (χ2v) is 6.13. The van der Waals surface area contributed by atoms with Crippen molar-refractivity contribution in [1.29, 1.82) is 0 Å². The molecule has 4 nitrogen and oxygen atoms in total. The molecule has 0 spiro atoms. The maximum absolute atomic E-state index is 12.2. The summed E-state index contributed by atoms with van der Waals surface area (Å²) in [6.45, 7) is 7.65. The number of nitrogens with zero attached hydrogens (tertiary/aromatic N) is 1. The van der Waals surface area contributed by atoms with Crippen LogP contribution in [0.15, 0.2) is 54.7 Å². The van der Waals surface area contributed by atoms with Crippen molar-refractivity contribution >= 4 is 16.9 Å². The number of hydrogen-bond donors (Lipinski definition) is 1. The fourth-order valence-corrected chi connectivity index (χ4v) is 2.85. The first-order chi connectivity index (χ1) is 12.2. The predicted octanol–water partition coefficient (Wildman–Crippen LogP) is 4.37. The Bertz CT molecular complexity index is 832. The van der Waals surface area contributed by atoms with Gasteiger partial charge in [-0.2, -0.15) is 0 Å². The monoisotopic (exact) mass is 336 g/mol. The fourth-order valence-electron chi connectivity index (χ4n) is 2.85. The molecule has 0 saturated heterocycles.